The van der Waals surface area contributed by atoms with E-state index in [0.29, 0.717) is 26.8 Å². The number of nitrogens with zero attached hydrogens (tertiary/aromatic N) is 1. The number of aromatic nitrogens is 1. The van der Waals surface area contributed by atoms with Gasteiger partial charge in [0.2, 0.25) is 0 Å². The molecule has 1 aliphatic carbocycles. The molecular formula is C11H12BrClN2O2. The predicted octanol–water partition coefficient (Wildman–Crippen LogP) is 3.11. The molecule has 6 heteroatoms. The summed E-state index contributed by atoms with van der Waals surface area (Å²) in [5.41, 5.74) is 1.05. The summed E-state index contributed by atoms with van der Waals surface area (Å²) in [4.78, 5) is 15.5. The van der Waals surface area contributed by atoms with Crippen molar-refractivity contribution in [2.45, 2.75) is 12.8 Å². The fourth-order valence-corrected chi connectivity index (χ4v) is 2.07. The highest BCUT2D eigenvalue weighted by atomic mass is 79.9. The van der Waals surface area contributed by atoms with Gasteiger partial charge in [-0.1, -0.05) is 11.6 Å². The molecule has 0 atom stereocenters. The van der Waals surface area contributed by atoms with Crippen LogP contribution < -0.4 is 5.32 Å². The first kappa shape index (κ1) is 12.6. The van der Waals surface area contributed by atoms with Crippen molar-refractivity contribution in [2.24, 2.45) is 5.92 Å². The number of nitrogens with one attached hydrogen (secondary N) is 1. The molecule has 0 spiro atoms. The molecule has 92 valence electrons. The van der Waals surface area contributed by atoms with Crippen LogP contribution in [0.5, 0.6) is 0 Å². The Morgan fingerprint density at radius 1 is 1.71 bits per heavy atom. The summed E-state index contributed by atoms with van der Waals surface area (Å²) in [5.74, 6) is 0.271. The molecule has 0 unspecified atom stereocenters. The number of anilines is 1. The van der Waals surface area contributed by atoms with Crippen LogP contribution in [0.15, 0.2) is 10.7 Å². The second-order valence-electron chi connectivity index (χ2n) is 3.97. The van der Waals surface area contributed by atoms with Crippen LogP contribution in [0.2, 0.25) is 5.15 Å². The maximum Gasteiger partial charge on any atom is 0.341 e. The van der Waals surface area contributed by atoms with Crippen LogP contribution in [0.3, 0.4) is 0 Å². The van der Waals surface area contributed by atoms with Gasteiger partial charge in [0.1, 0.15) is 10.7 Å². The van der Waals surface area contributed by atoms with E-state index in [-0.39, 0.29) is 0 Å². The van der Waals surface area contributed by atoms with Crippen molar-refractivity contribution in [3.8, 4) is 0 Å². The highest BCUT2D eigenvalue weighted by Gasteiger charge is 2.23. The molecule has 0 amide bonds. The number of esters is 1. The molecule has 1 N–H and O–H groups in total. The lowest BCUT2D eigenvalue weighted by molar-refractivity contribution is 0.0601. The average Bonchev–Trinajstić information content (AvgIpc) is 3.14. The Balaban J connectivity index is 2.28. The monoisotopic (exact) mass is 318 g/mol. The van der Waals surface area contributed by atoms with E-state index in [1.165, 1.54) is 26.1 Å². The number of rotatable bonds is 4. The molecule has 0 radical (unpaired) electrons. The molecule has 1 saturated carbocycles. The van der Waals surface area contributed by atoms with E-state index < -0.39 is 5.97 Å². The molecule has 1 aromatic heterocycles. The quantitative estimate of drug-likeness (QED) is 0.684. The molecule has 0 saturated heterocycles. The lowest BCUT2D eigenvalue weighted by Crippen LogP contribution is -2.11. The van der Waals surface area contributed by atoms with Gasteiger partial charge < -0.3 is 10.1 Å². The van der Waals surface area contributed by atoms with Gasteiger partial charge in [0.25, 0.3) is 0 Å². The molecular weight excluding hydrogens is 307 g/mol. The highest BCUT2D eigenvalue weighted by molar-refractivity contribution is 9.10. The number of halogens is 2. The number of carbonyl (C=O) groups is 1. The van der Waals surface area contributed by atoms with Gasteiger partial charge in [0.05, 0.1) is 17.3 Å². The van der Waals surface area contributed by atoms with Crippen LogP contribution in [-0.4, -0.2) is 24.6 Å². The van der Waals surface area contributed by atoms with Crippen LogP contribution in [0.4, 0.5) is 5.69 Å². The van der Waals surface area contributed by atoms with Crippen molar-refractivity contribution in [1.82, 2.24) is 4.98 Å². The summed E-state index contributed by atoms with van der Waals surface area (Å²) in [6.07, 6.45) is 3.89. The Morgan fingerprint density at radius 3 is 3.00 bits per heavy atom. The van der Waals surface area contributed by atoms with Crippen molar-refractivity contribution in [1.29, 1.82) is 0 Å². The van der Waals surface area contributed by atoms with E-state index in [2.05, 4.69) is 26.2 Å². The van der Waals surface area contributed by atoms with Gasteiger partial charge in [0.15, 0.2) is 0 Å². The van der Waals surface area contributed by atoms with Crippen molar-refractivity contribution in [3.63, 3.8) is 0 Å². The summed E-state index contributed by atoms with van der Waals surface area (Å²) < 4.78 is 5.31. The lowest BCUT2D eigenvalue weighted by Gasteiger charge is -2.12. The zero-order valence-electron chi connectivity index (χ0n) is 9.30. The molecule has 0 aliphatic heterocycles. The van der Waals surface area contributed by atoms with Crippen LogP contribution >= 0.6 is 27.5 Å². The van der Waals surface area contributed by atoms with Gasteiger partial charge in [0, 0.05) is 12.7 Å². The Labute approximate surface area is 113 Å². The minimum absolute atomic E-state index is 0.330. The van der Waals surface area contributed by atoms with Gasteiger partial charge in [-0.2, -0.15) is 0 Å². The number of ether oxygens (including phenoxy) is 1. The van der Waals surface area contributed by atoms with Crippen LogP contribution in [-0.2, 0) is 4.74 Å². The molecule has 17 heavy (non-hydrogen) atoms. The minimum Gasteiger partial charge on any atom is -0.465 e. The molecule has 0 aromatic carbocycles. The Kier molecular flexibility index (Phi) is 3.89. The van der Waals surface area contributed by atoms with E-state index in [1.54, 1.807) is 0 Å². The maximum atomic E-state index is 11.6. The van der Waals surface area contributed by atoms with Crippen molar-refractivity contribution >= 4 is 39.2 Å². The van der Waals surface area contributed by atoms with Crippen LogP contribution in [0.1, 0.15) is 23.2 Å². The van der Waals surface area contributed by atoms with Crippen molar-refractivity contribution in [3.05, 3.63) is 21.4 Å². The van der Waals surface area contributed by atoms with Crippen molar-refractivity contribution in [2.75, 3.05) is 19.0 Å². The summed E-state index contributed by atoms with van der Waals surface area (Å²) in [6.45, 7) is 0.836. The zero-order chi connectivity index (χ0) is 12.4. The third-order valence-electron chi connectivity index (χ3n) is 2.65. The Bertz CT molecular complexity index is 449. The first-order chi connectivity index (χ1) is 8.13. The van der Waals surface area contributed by atoms with Gasteiger partial charge in [-0.05, 0) is 34.7 Å². The van der Waals surface area contributed by atoms with Gasteiger partial charge >= 0.3 is 5.97 Å². The molecule has 4 nitrogen and oxygen atoms in total. The standard InChI is InChI=1S/C11H12BrClN2O2/c1-17-11(16)7-5-15-10(13)8(12)9(7)14-4-6-2-3-6/h5-6H,2-4H2,1H3,(H,14,15). The highest BCUT2D eigenvalue weighted by Crippen LogP contribution is 2.34. The van der Waals surface area contributed by atoms with Crippen LogP contribution in [0.25, 0.3) is 0 Å². The minimum atomic E-state index is -0.423. The largest absolute Gasteiger partial charge is 0.465 e. The fraction of sp³-hybridized carbons (Fsp3) is 0.455. The SMILES string of the molecule is COC(=O)c1cnc(Cl)c(Br)c1NCC1CC1. The van der Waals surface area contributed by atoms with Gasteiger partial charge in [-0.3, -0.25) is 0 Å². The molecule has 0 bridgehead atoms. The lowest BCUT2D eigenvalue weighted by atomic mass is 10.2. The number of methoxy groups -OCH3 is 1. The third kappa shape index (κ3) is 2.90. The zero-order valence-corrected chi connectivity index (χ0v) is 11.6. The van der Waals surface area contributed by atoms with E-state index in [9.17, 15) is 4.79 Å². The Morgan fingerprint density at radius 2 is 2.41 bits per heavy atom. The fourth-order valence-electron chi connectivity index (χ4n) is 1.47. The number of hydrogen-bond donors (Lipinski definition) is 1. The first-order valence-electron chi connectivity index (χ1n) is 5.29. The summed E-state index contributed by atoms with van der Waals surface area (Å²) >= 11 is 9.25. The smallest absolute Gasteiger partial charge is 0.341 e. The van der Waals surface area contributed by atoms with E-state index in [1.807, 2.05) is 0 Å². The predicted molar refractivity (Wildman–Crippen MR) is 69.5 cm³/mol. The summed E-state index contributed by atoms with van der Waals surface area (Å²) in [7, 11) is 1.34. The van der Waals surface area contributed by atoms with Gasteiger partial charge in [-0.25, -0.2) is 9.78 Å². The molecule has 1 heterocycles. The molecule has 2 rings (SSSR count). The van der Waals surface area contributed by atoms with Crippen molar-refractivity contribution < 1.29 is 9.53 Å². The van der Waals surface area contributed by atoms with Crippen LogP contribution in [0, 0.1) is 5.92 Å². The van der Waals surface area contributed by atoms with E-state index in [4.69, 9.17) is 16.3 Å². The van der Waals surface area contributed by atoms with Gasteiger partial charge in [-0.15, -0.1) is 0 Å². The molecule has 1 aliphatic rings. The van der Waals surface area contributed by atoms with E-state index in [0.717, 1.165) is 6.54 Å². The normalized spacial score (nSPS) is 14.5. The number of carbonyl (C=O) groups excluding carboxylic acids is 1. The third-order valence-corrected chi connectivity index (χ3v) is 3.93. The first-order valence-corrected chi connectivity index (χ1v) is 6.46. The number of pyridine rings is 1. The molecule has 1 fully saturated rings. The summed E-state index contributed by atoms with van der Waals surface area (Å²) in [6, 6.07) is 0. The second-order valence-corrected chi connectivity index (χ2v) is 5.12. The van der Waals surface area contributed by atoms with E-state index >= 15 is 0 Å². The molecule has 1 aromatic rings. The average molecular weight is 320 g/mol. The number of hydrogen-bond acceptors (Lipinski definition) is 4. The second kappa shape index (κ2) is 5.23. The maximum absolute atomic E-state index is 11.6. The summed E-state index contributed by atoms with van der Waals surface area (Å²) in [5, 5.41) is 3.56. The Hall–Kier alpha value is -0.810. The topological polar surface area (TPSA) is 51.2 Å².